The Bertz CT molecular complexity index is 645. The van der Waals surface area contributed by atoms with Gasteiger partial charge in [0.15, 0.2) is 0 Å². The number of aryl methyl sites for hydroxylation is 1. The molecular weight excluding hydrogens is 330 g/mol. The summed E-state index contributed by atoms with van der Waals surface area (Å²) in [4.78, 5) is 8.55. The van der Waals surface area contributed by atoms with Gasteiger partial charge in [0.25, 0.3) is 0 Å². The SMILES string of the molecule is CCCc1cc(NCc2cc(Br)cc3c2OCC3)ncn1. The highest BCUT2D eigenvalue weighted by molar-refractivity contribution is 9.10. The number of ether oxygens (including phenoxy) is 1. The van der Waals surface area contributed by atoms with Gasteiger partial charge in [-0.1, -0.05) is 29.3 Å². The molecule has 0 unspecified atom stereocenters. The highest BCUT2D eigenvalue weighted by Gasteiger charge is 2.17. The maximum absolute atomic E-state index is 5.74. The number of hydrogen-bond acceptors (Lipinski definition) is 4. The minimum absolute atomic E-state index is 0.699. The number of fused-ring (bicyclic) bond motifs is 1. The molecule has 3 rings (SSSR count). The zero-order valence-electron chi connectivity index (χ0n) is 12.0. The van der Waals surface area contributed by atoms with Gasteiger partial charge in [-0.2, -0.15) is 0 Å². The number of hydrogen-bond donors (Lipinski definition) is 1. The largest absolute Gasteiger partial charge is 0.493 e. The maximum atomic E-state index is 5.74. The molecule has 0 aliphatic carbocycles. The van der Waals surface area contributed by atoms with Crippen molar-refractivity contribution >= 4 is 21.7 Å². The van der Waals surface area contributed by atoms with Crippen molar-refractivity contribution in [3.8, 4) is 5.75 Å². The molecule has 1 aliphatic rings. The minimum atomic E-state index is 0.699. The molecule has 110 valence electrons. The first-order valence-corrected chi connectivity index (χ1v) is 8.04. The van der Waals surface area contributed by atoms with E-state index >= 15 is 0 Å². The van der Waals surface area contributed by atoms with Gasteiger partial charge in [-0.05, 0) is 24.1 Å². The lowest BCUT2D eigenvalue weighted by Crippen LogP contribution is -2.04. The van der Waals surface area contributed by atoms with Crippen molar-refractivity contribution in [1.29, 1.82) is 0 Å². The molecule has 0 atom stereocenters. The van der Waals surface area contributed by atoms with Crippen molar-refractivity contribution in [1.82, 2.24) is 9.97 Å². The summed E-state index contributed by atoms with van der Waals surface area (Å²) in [7, 11) is 0. The number of halogens is 1. The zero-order valence-corrected chi connectivity index (χ0v) is 13.6. The average molecular weight is 348 g/mol. The molecule has 0 radical (unpaired) electrons. The molecule has 0 fully saturated rings. The third kappa shape index (κ3) is 3.35. The molecule has 4 nitrogen and oxygen atoms in total. The van der Waals surface area contributed by atoms with E-state index in [-0.39, 0.29) is 0 Å². The Morgan fingerprint density at radius 2 is 2.19 bits per heavy atom. The summed E-state index contributed by atoms with van der Waals surface area (Å²) in [5, 5.41) is 3.36. The monoisotopic (exact) mass is 347 g/mol. The van der Waals surface area contributed by atoms with E-state index in [9.17, 15) is 0 Å². The van der Waals surface area contributed by atoms with Gasteiger partial charge in [0.1, 0.15) is 17.9 Å². The van der Waals surface area contributed by atoms with Gasteiger partial charge in [0.2, 0.25) is 0 Å². The molecule has 1 N–H and O–H groups in total. The fraction of sp³-hybridized carbons (Fsp3) is 0.375. The summed E-state index contributed by atoms with van der Waals surface area (Å²) in [6, 6.07) is 6.25. The van der Waals surface area contributed by atoms with Gasteiger partial charge < -0.3 is 10.1 Å². The smallest absolute Gasteiger partial charge is 0.129 e. The Labute approximate surface area is 133 Å². The summed E-state index contributed by atoms with van der Waals surface area (Å²) in [5.41, 5.74) is 3.51. The Kier molecular flexibility index (Phi) is 4.39. The van der Waals surface area contributed by atoms with Crippen LogP contribution in [-0.4, -0.2) is 16.6 Å². The summed E-state index contributed by atoms with van der Waals surface area (Å²) < 4.78 is 6.84. The second-order valence-electron chi connectivity index (χ2n) is 5.15. The molecule has 0 bridgehead atoms. The van der Waals surface area contributed by atoms with Crippen molar-refractivity contribution in [2.45, 2.75) is 32.7 Å². The van der Waals surface area contributed by atoms with Crippen molar-refractivity contribution in [3.63, 3.8) is 0 Å². The lowest BCUT2D eigenvalue weighted by Gasteiger charge is -2.11. The Morgan fingerprint density at radius 3 is 3.05 bits per heavy atom. The van der Waals surface area contributed by atoms with Gasteiger partial charge in [0, 0.05) is 34.8 Å². The number of benzene rings is 1. The normalized spacial score (nSPS) is 12.9. The summed E-state index contributed by atoms with van der Waals surface area (Å²) in [6.07, 6.45) is 4.67. The molecule has 0 amide bonds. The van der Waals surface area contributed by atoms with Crippen LogP contribution in [0.1, 0.15) is 30.2 Å². The van der Waals surface area contributed by atoms with Crippen LogP contribution in [0.5, 0.6) is 5.75 Å². The second-order valence-corrected chi connectivity index (χ2v) is 6.07. The zero-order chi connectivity index (χ0) is 14.7. The molecule has 0 spiro atoms. The molecule has 1 aromatic carbocycles. The quantitative estimate of drug-likeness (QED) is 0.894. The van der Waals surface area contributed by atoms with E-state index in [1.807, 2.05) is 6.07 Å². The minimum Gasteiger partial charge on any atom is -0.493 e. The average Bonchev–Trinajstić information content (AvgIpc) is 2.93. The van der Waals surface area contributed by atoms with Gasteiger partial charge in [-0.15, -0.1) is 0 Å². The summed E-state index contributed by atoms with van der Waals surface area (Å²) in [6.45, 7) is 3.62. The van der Waals surface area contributed by atoms with Crippen LogP contribution in [-0.2, 0) is 19.4 Å². The maximum Gasteiger partial charge on any atom is 0.129 e. The second kappa shape index (κ2) is 6.43. The Hall–Kier alpha value is -1.62. The van der Waals surface area contributed by atoms with Gasteiger partial charge in [0.05, 0.1) is 6.61 Å². The first kappa shape index (κ1) is 14.3. The van der Waals surface area contributed by atoms with Crippen LogP contribution in [0.2, 0.25) is 0 Å². The van der Waals surface area contributed by atoms with Crippen LogP contribution < -0.4 is 10.1 Å². The lowest BCUT2D eigenvalue weighted by atomic mass is 10.1. The van der Waals surface area contributed by atoms with E-state index in [0.717, 1.165) is 53.2 Å². The first-order chi connectivity index (χ1) is 10.3. The Morgan fingerprint density at radius 1 is 1.29 bits per heavy atom. The van der Waals surface area contributed by atoms with Crippen molar-refractivity contribution < 1.29 is 4.74 Å². The van der Waals surface area contributed by atoms with Crippen LogP contribution >= 0.6 is 15.9 Å². The molecule has 1 aliphatic heterocycles. The van der Waals surface area contributed by atoms with E-state index < -0.39 is 0 Å². The van der Waals surface area contributed by atoms with Crippen LogP contribution in [0, 0.1) is 0 Å². The molecule has 0 saturated heterocycles. The number of rotatable bonds is 5. The highest BCUT2D eigenvalue weighted by atomic mass is 79.9. The van der Waals surface area contributed by atoms with Crippen LogP contribution in [0.25, 0.3) is 0 Å². The number of anilines is 1. The van der Waals surface area contributed by atoms with E-state index in [2.05, 4.69) is 50.3 Å². The number of nitrogens with zero attached hydrogens (tertiary/aromatic N) is 2. The number of nitrogens with one attached hydrogen (secondary N) is 1. The predicted octanol–water partition coefficient (Wildman–Crippen LogP) is 3.74. The summed E-state index contributed by atoms with van der Waals surface area (Å²) >= 11 is 3.57. The van der Waals surface area contributed by atoms with Crippen LogP contribution in [0.4, 0.5) is 5.82 Å². The predicted molar refractivity (Wildman–Crippen MR) is 86.7 cm³/mol. The first-order valence-electron chi connectivity index (χ1n) is 7.25. The third-order valence-corrected chi connectivity index (χ3v) is 3.97. The van der Waals surface area contributed by atoms with Gasteiger partial charge >= 0.3 is 0 Å². The Balaban J connectivity index is 1.75. The molecule has 1 aromatic heterocycles. The fourth-order valence-electron chi connectivity index (χ4n) is 2.55. The molecule has 2 heterocycles. The molecule has 21 heavy (non-hydrogen) atoms. The van der Waals surface area contributed by atoms with Crippen molar-refractivity contribution in [2.75, 3.05) is 11.9 Å². The van der Waals surface area contributed by atoms with Crippen molar-refractivity contribution in [3.05, 3.63) is 45.8 Å². The molecular formula is C16H18BrN3O. The molecule has 0 saturated carbocycles. The van der Waals surface area contributed by atoms with E-state index in [1.54, 1.807) is 6.33 Å². The fourth-order valence-corrected chi connectivity index (χ4v) is 3.10. The highest BCUT2D eigenvalue weighted by Crippen LogP contribution is 2.33. The summed E-state index contributed by atoms with van der Waals surface area (Å²) in [5.74, 6) is 1.88. The van der Waals surface area contributed by atoms with Gasteiger partial charge in [-0.25, -0.2) is 9.97 Å². The van der Waals surface area contributed by atoms with E-state index in [0.29, 0.717) is 6.54 Å². The molecule has 5 heteroatoms. The van der Waals surface area contributed by atoms with E-state index in [1.165, 1.54) is 5.56 Å². The van der Waals surface area contributed by atoms with Crippen molar-refractivity contribution in [2.24, 2.45) is 0 Å². The number of aromatic nitrogens is 2. The van der Waals surface area contributed by atoms with Crippen LogP contribution in [0.15, 0.2) is 29.0 Å². The van der Waals surface area contributed by atoms with Crippen LogP contribution in [0.3, 0.4) is 0 Å². The van der Waals surface area contributed by atoms with Gasteiger partial charge in [-0.3, -0.25) is 0 Å². The lowest BCUT2D eigenvalue weighted by molar-refractivity contribution is 0.354. The third-order valence-electron chi connectivity index (χ3n) is 3.52. The standard InChI is InChI=1S/C16H18BrN3O/c1-2-3-14-8-15(20-10-19-14)18-9-12-7-13(17)6-11-4-5-21-16(11)12/h6-8,10H,2-5,9H2,1H3,(H,18,19,20). The topological polar surface area (TPSA) is 47.0 Å². The molecule has 2 aromatic rings. The van der Waals surface area contributed by atoms with E-state index in [4.69, 9.17) is 4.74 Å².